The molecule has 1 aromatic rings. The molecule has 1 N–H and O–H groups in total. The van der Waals surface area contributed by atoms with E-state index in [1.54, 1.807) is 14.2 Å². The quantitative estimate of drug-likeness (QED) is 0.545. The molecule has 156 valence electrons. The van der Waals surface area contributed by atoms with E-state index in [9.17, 15) is 4.79 Å². The molecule has 1 aliphatic heterocycles. The third kappa shape index (κ3) is 5.59. The largest absolute Gasteiger partial charge is 0.492 e. The molecule has 0 aromatic heterocycles. The van der Waals surface area contributed by atoms with Crippen LogP contribution in [-0.2, 0) is 20.8 Å². The molecule has 7 nitrogen and oxygen atoms in total. The summed E-state index contributed by atoms with van der Waals surface area (Å²) in [4.78, 5) is 14.9. The van der Waals surface area contributed by atoms with E-state index >= 15 is 0 Å². The maximum atomic E-state index is 13.0. The van der Waals surface area contributed by atoms with Gasteiger partial charge in [0.25, 0.3) is 5.91 Å². The van der Waals surface area contributed by atoms with Gasteiger partial charge in [0.2, 0.25) is 0 Å². The Bertz CT molecular complexity index is 662. The molecule has 0 radical (unpaired) electrons. The number of hydrogen-bond acceptors (Lipinski definition) is 6. The SMILES string of the molecule is COCCCOc1cc(CN(C(=O)[C@H]2CNCCO2)C2CC2)cc(Br)c1OC. The molecule has 0 spiro atoms. The van der Waals surface area contributed by atoms with E-state index in [1.165, 1.54) is 0 Å². The standard InChI is InChI=1S/C20H29BrN2O5/c1-25-7-3-8-27-17-11-14(10-16(21)19(17)26-2)13-23(15-4-5-15)20(24)18-12-22-6-9-28-18/h10-11,15,18,22H,3-9,12-13H2,1-2H3/t18-/m1/s1. The number of amides is 1. The lowest BCUT2D eigenvalue weighted by Crippen LogP contribution is -2.49. The molecule has 1 heterocycles. The second kappa shape index (κ2) is 10.4. The fraction of sp³-hybridized carbons (Fsp3) is 0.650. The highest BCUT2D eigenvalue weighted by molar-refractivity contribution is 9.10. The number of halogens is 1. The Kier molecular flexibility index (Phi) is 7.96. The highest BCUT2D eigenvalue weighted by atomic mass is 79.9. The number of rotatable bonds is 10. The predicted molar refractivity (Wildman–Crippen MR) is 109 cm³/mol. The van der Waals surface area contributed by atoms with Crippen LogP contribution < -0.4 is 14.8 Å². The second-order valence-electron chi connectivity index (χ2n) is 7.06. The van der Waals surface area contributed by atoms with Crippen molar-refractivity contribution in [3.8, 4) is 11.5 Å². The highest BCUT2D eigenvalue weighted by Gasteiger charge is 2.37. The average Bonchev–Trinajstić information content (AvgIpc) is 3.54. The van der Waals surface area contributed by atoms with Crippen molar-refractivity contribution >= 4 is 21.8 Å². The number of hydrogen-bond donors (Lipinski definition) is 1. The average molecular weight is 457 g/mol. The lowest BCUT2D eigenvalue weighted by molar-refractivity contribution is -0.146. The normalized spacial score (nSPS) is 19.3. The van der Waals surface area contributed by atoms with E-state index in [0.717, 1.165) is 35.8 Å². The first-order valence-electron chi connectivity index (χ1n) is 9.75. The molecule has 1 aromatic carbocycles. The minimum absolute atomic E-state index is 0.0594. The Labute approximate surface area is 174 Å². The van der Waals surface area contributed by atoms with Crippen LogP contribution in [0.2, 0.25) is 0 Å². The van der Waals surface area contributed by atoms with E-state index in [-0.39, 0.29) is 5.91 Å². The van der Waals surface area contributed by atoms with Crippen LogP contribution in [0.4, 0.5) is 0 Å². The molecule has 2 aliphatic rings. The zero-order valence-corrected chi connectivity index (χ0v) is 18.1. The predicted octanol–water partition coefficient (Wildman–Crippen LogP) is 2.35. The topological polar surface area (TPSA) is 69.3 Å². The van der Waals surface area contributed by atoms with Crippen molar-refractivity contribution < 1.29 is 23.7 Å². The number of carbonyl (C=O) groups is 1. The number of ether oxygens (including phenoxy) is 4. The molecule has 1 saturated carbocycles. The van der Waals surface area contributed by atoms with E-state index in [2.05, 4.69) is 21.2 Å². The molecule has 2 fully saturated rings. The van der Waals surface area contributed by atoms with Crippen LogP contribution in [-0.4, -0.2) is 70.1 Å². The van der Waals surface area contributed by atoms with E-state index in [0.29, 0.717) is 50.5 Å². The van der Waals surface area contributed by atoms with Gasteiger partial charge in [0.05, 0.1) is 24.8 Å². The van der Waals surface area contributed by atoms with E-state index in [4.69, 9.17) is 18.9 Å². The summed E-state index contributed by atoms with van der Waals surface area (Å²) in [5, 5.41) is 3.23. The van der Waals surface area contributed by atoms with Crippen LogP contribution in [0.15, 0.2) is 16.6 Å². The van der Waals surface area contributed by atoms with Crippen molar-refractivity contribution in [1.29, 1.82) is 0 Å². The maximum Gasteiger partial charge on any atom is 0.253 e. The minimum Gasteiger partial charge on any atom is -0.492 e. The Hall–Kier alpha value is -1.35. The Morgan fingerprint density at radius 1 is 1.32 bits per heavy atom. The first-order valence-corrected chi connectivity index (χ1v) is 10.5. The smallest absolute Gasteiger partial charge is 0.253 e. The van der Waals surface area contributed by atoms with Crippen molar-refractivity contribution in [2.75, 3.05) is 47.1 Å². The molecule has 28 heavy (non-hydrogen) atoms. The molecular formula is C20H29BrN2O5. The maximum absolute atomic E-state index is 13.0. The molecule has 8 heteroatoms. The molecular weight excluding hydrogens is 428 g/mol. The molecule has 0 bridgehead atoms. The lowest BCUT2D eigenvalue weighted by Gasteiger charge is -2.30. The summed E-state index contributed by atoms with van der Waals surface area (Å²) in [5.74, 6) is 1.39. The van der Waals surface area contributed by atoms with Gasteiger partial charge in [0.15, 0.2) is 11.5 Å². The molecule has 1 atom stereocenters. The summed E-state index contributed by atoms with van der Waals surface area (Å²) < 4.78 is 23.0. The van der Waals surface area contributed by atoms with E-state index in [1.807, 2.05) is 17.0 Å². The van der Waals surface area contributed by atoms with Gasteiger partial charge in [0, 0.05) is 45.8 Å². The monoisotopic (exact) mass is 456 g/mol. The number of morpholine rings is 1. The van der Waals surface area contributed by atoms with Gasteiger partial charge in [-0.1, -0.05) is 0 Å². The minimum atomic E-state index is -0.402. The molecule has 1 aliphatic carbocycles. The van der Waals surface area contributed by atoms with Gasteiger partial charge in [-0.25, -0.2) is 0 Å². The number of carbonyl (C=O) groups excluding carboxylic acids is 1. The van der Waals surface area contributed by atoms with E-state index < -0.39 is 6.10 Å². The Balaban J connectivity index is 1.73. The van der Waals surface area contributed by atoms with Gasteiger partial charge in [-0.2, -0.15) is 0 Å². The van der Waals surface area contributed by atoms with Crippen molar-refractivity contribution in [2.45, 2.75) is 38.0 Å². The van der Waals surface area contributed by atoms with Crippen LogP contribution in [0.5, 0.6) is 11.5 Å². The van der Waals surface area contributed by atoms with Crippen molar-refractivity contribution in [2.24, 2.45) is 0 Å². The van der Waals surface area contributed by atoms with Crippen molar-refractivity contribution in [3.05, 3.63) is 22.2 Å². The van der Waals surface area contributed by atoms with Crippen LogP contribution in [0, 0.1) is 0 Å². The van der Waals surface area contributed by atoms with Crippen LogP contribution in [0.1, 0.15) is 24.8 Å². The fourth-order valence-electron chi connectivity index (χ4n) is 3.28. The van der Waals surface area contributed by atoms with Crippen LogP contribution in [0.3, 0.4) is 0 Å². The molecule has 3 rings (SSSR count). The first kappa shape index (κ1) is 21.4. The Morgan fingerprint density at radius 3 is 2.79 bits per heavy atom. The fourth-order valence-corrected chi connectivity index (χ4v) is 3.93. The van der Waals surface area contributed by atoms with Gasteiger partial charge in [-0.05, 0) is 46.5 Å². The van der Waals surface area contributed by atoms with Crippen LogP contribution in [0.25, 0.3) is 0 Å². The van der Waals surface area contributed by atoms with Crippen LogP contribution >= 0.6 is 15.9 Å². The summed E-state index contributed by atoms with van der Waals surface area (Å²) >= 11 is 3.57. The third-order valence-corrected chi connectivity index (χ3v) is 5.44. The van der Waals surface area contributed by atoms with Gasteiger partial charge in [-0.3, -0.25) is 4.79 Å². The summed E-state index contributed by atoms with van der Waals surface area (Å²) in [7, 11) is 3.29. The molecule has 1 saturated heterocycles. The molecule has 0 unspecified atom stereocenters. The van der Waals surface area contributed by atoms with Gasteiger partial charge >= 0.3 is 0 Å². The van der Waals surface area contributed by atoms with Crippen molar-refractivity contribution in [1.82, 2.24) is 10.2 Å². The number of benzene rings is 1. The summed E-state index contributed by atoms with van der Waals surface area (Å²) in [6, 6.07) is 4.24. The zero-order valence-electron chi connectivity index (χ0n) is 16.5. The number of nitrogens with zero attached hydrogens (tertiary/aromatic N) is 1. The van der Waals surface area contributed by atoms with Gasteiger partial charge in [-0.15, -0.1) is 0 Å². The summed E-state index contributed by atoms with van der Waals surface area (Å²) in [5.41, 5.74) is 0.999. The summed E-state index contributed by atoms with van der Waals surface area (Å²) in [6.45, 7) is 3.64. The number of nitrogens with one attached hydrogen (secondary N) is 1. The van der Waals surface area contributed by atoms with Gasteiger partial charge < -0.3 is 29.2 Å². The number of methoxy groups -OCH3 is 2. The van der Waals surface area contributed by atoms with Crippen molar-refractivity contribution in [3.63, 3.8) is 0 Å². The third-order valence-electron chi connectivity index (χ3n) is 4.85. The lowest BCUT2D eigenvalue weighted by atomic mass is 10.1. The van der Waals surface area contributed by atoms with Gasteiger partial charge in [0.1, 0.15) is 6.10 Å². The first-order chi connectivity index (χ1) is 13.6. The zero-order chi connectivity index (χ0) is 19.9. The second-order valence-corrected chi connectivity index (χ2v) is 7.92. The molecule has 1 amide bonds. The summed E-state index contributed by atoms with van der Waals surface area (Å²) in [6.07, 6.45) is 2.48. The Morgan fingerprint density at radius 2 is 2.14 bits per heavy atom. The highest BCUT2D eigenvalue weighted by Crippen LogP contribution is 2.38.